The molecule has 0 aromatic rings. The van der Waals surface area contributed by atoms with Crippen molar-refractivity contribution in [2.45, 2.75) is 39.2 Å². The van der Waals surface area contributed by atoms with Gasteiger partial charge in [0.2, 0.25) is 0 Å². The maximum atomic E-state index is 6.04. The molecule has 1 fully saturated rings. The molecule has 3 nitrogen and oxygen atoms in total. The third-order valence-electron chi connectivity index (χ3n) is 4.06. The average molecular weight is 227 g/mol. The first-order chi connectivity index (χ1) is 7.54. The van der Waals surface area contributed by atoms with Gasteiger partial charge in [0.1, 0.15) is 0 Å². The zero-order valence-electron chi connectivity index (χ0n) is 11.5. The van der Waals surface area contributed by atoms with Gasteiger partial charge < -0.3 is 10.6 Å². The Hall–Kier alpha value is -0.120. The highest BCUT2D eigenvalue weighted by Gasteiger charge is 2.36. The lowest BCUT2D eigenvalue weighted by atomic mass is 9.85. The van der Waals surface area contributed by atoms with Gasteiger partial charge in [-0.1, -0.05) is 20.8 Å². The van der Waals surface area contributed by atoms with Gasteiger partial charge in [-0.25, -0.2) is 0 Å². The Kier molecular flexibility index (Phi) is 5.22. The van der Waals surface area contributed by atoms with Crippen molar-refractivity contribution in [1.29, 1.82) is 0 Å². The third kappa shape index (κ3) is 3.19. The molecule has 0 spiro atoms. The molecule has 0 aliphatic carbocycles. The molecule has 16 heavy (non-hydrogen) atoms. The standard InChI is InChI=1S/C13H29N3/c1-5-16-8-6-13(11-14,7-9-16)15(4)10-12(2)3/h12H,5-11,14H2,1-4H3. The summed E-state index contributed by atoms with van der Waals surface area (Å²) in [6.07, 6.45) is 2.45. The van der Waals surface area contributed by atoms with Gasteiger partial charge in [-0.2, -0.15) is 0 Å². The van der Waals surface area contributed by atoms with Gasteiger partial charge in [0.05, 0.1) is 0 Å². The Morgan fingerprint density at radius 2 is 1.88 bits per heavy atom. The van der Waals surface area contributed by atoms with Crippen LogP contribution in [0.5, 0.6) is 0 Å². The van der Waals surface area contributed by atoms with E-state index in [0.29, 0.717) is 0 Å². The van der Waals surface area contributed by atoms with Gasteiger partial charge in [-0.05, 0) is 45.4 Å². The van der Waals surface area contributed by atoms with Crippen LogP contribution in [0.2, 0.25) is 0 Å². The maximum absolute atomic E-state index is 6.04. The van der Waals surface area contributed by atoms with Crippen LogP contribution in [0.1, 0.15) is 33.6 Å². The van der Waals surface area contributed by atoms with Gasteiger partial charge in [0.15, 0.2) is 0 Å². The quantitative estimate of drug-likeness (QED) is 0.770. The summed E-state index contributed by atoms with van der Waals surface area (Å²) in [5.41, 5.74) is 6.30. The van der Waals surface area contributed by atoms with Crippen LogP contribution in [0.4, 0.5) is 0 Å². The molecule has 96 valence electrons. The minimum atomic E-state index is 0.260. The minimum Gasteiger partial charge on any atom is -0.329 e. The molecule has 3 heteroatoms. The summed E-state index contributed by atoms with van der Waals surface area (Å²) < 4.78 is 0. The van der Waals surface area contributed by atoms with Gasteiger partial charge in [-0.15, -0.1) is 0 Å². The zero-order chi connectivity index (χ0) is 12.2. The molecule has 0 radical (unpaired) electrons. The van der Waals surface area contributed by atoms with E-state index in [1.807, 2.05) is 0 Å². The Morgan fingerprint density at radius 1 is 1.31 bits per heavy atom. The van der Waals surface area contributed by atoms with Crippen molar-refractivity contribution in [3.8, 4) is 0 Å². The highest BCUT2D eigenvalue weighted by molar-refractivity contribution is 4.95. The van der Waals surface area contributed by atoms with Gasteiger partial charge >= 0.3 is 0 Å². The molecular weight excluding hydrogens is 198 g/mol. The monoisotopic (exact) mass is 227 g/mol. The van der Waals surface area contributed by atoms with Crippen LogP contribution in [0.3, 0.4) is 0 Å². The van der Waals surface area contributed by atoms with Gasteiger partial charge in [0.25, 0.3) is 0 Å². The van der Waals surface area contributed by atoms with Crippen molar-refractivity contribution < 1.29 is 0 Å². The largest absolute Gasteiger partial charge is 0.329 e. The molecule has 1 saturated heterocycles. The fourth-order valence-corrected chi connectivity index (χ4v) is 2.77. The van der Waals surface area contributed by atoms with Crippen molar-refractivity contribution in [2.75, 3.05) is 39.8 Å². The van der Waals surface area contributed by atoms with E-state index in [-0.39, 0.29) is 5.54 Å². The fraction of sp³-hybridized carbons (Fsp3) is 1.00. The lowest BCUT2D eigenvalue weighted by Crippen LogP contribution is -2.58. The average Bonchev–Trinajstić information content (AvgIpc) is 2.28. The lowest BCUT2D eigenvalue weighted by Gasteiger charge is -2.47. The van der Waals surface area contributed by atoms with Crippen LogP contribution in [0.15, 0.2) is 0 Å². The van der Waals surface area contributed by atoms with Crippen molar-refractivity contribution >= 4 is 0 Å². The molecule has 0 atom stereocenters. The summed E-state index contributed by atoms with van der Waals surface area (Å²) in [4.78, 5) is 5.03. The van der Waals surface area contributed by atoms with Crippen LogP contribution in [-0.4, -0.2) is 55.1 Å². The second-order valence-electron chi connectivity index (χ2n) is 5.64. The van der Waals surface area contributed by atoms with Crippen LogP contribution in [0.25, 0.3) is 0 Å². The predicted octanol–water partition coefficient (Wildman–Crippen LogP) is 1.39. The zero-order valence-corrected chi connectivity index (χ0v) is 11.5. The second-order valence-corrected chi connectivity index (χ2v) is 5.64. The molecule has 0 aromatic carbocycles. The first kappa shape index (κ1) is 13.9. The SMILES string of the molecule is CCN1CCC(CN)(N(C)CC(C)C)CC1. The van der Waals surface area contributed by atoms with Crippen molar-refractivity contribution in [3.05, 3.63) is 0 Å². The molecule has 1 rings (SSSR count). The van der Waals surface area contributed by atoms with Crippen molar-refractivity contribution in [2.24, 2.45) is 11.7 Å². The first-order valence-electron chi connectivity index (χ1n) is 6.67. The highest BCUT2D eigenvalue weighted by Crippen LogP contribution is 2.27. The summed E-state index contributed by atoms with van der Waals surface area (Å²) in [6, 6.07) is 0. The number of hydrogen-bond acceptors (Lipinski definition) is 3. The number of nitrogens with two attached hydrogens (primary N) is 1. The molecule has 1 aliphatic heterocycles. The number of nitrogens with zero attached hydrogens (tertiary/aromatic N) is 2. The predicted molar refractivity (Wildman–Crippen MR) is 70.6 cm³/mol. The van der Waals surface area contributed by atoms with E-state index in [0.717, 1.165) is 19.0 Å². The normalized spacial score (nSPS) is 21.9. The van der Waals surface area contributed by atoms with Crippen LogP contribution in [0, 0.1) is 5.92 Å². The van der Waals surface area contributed by atoms with Crippen LogP contribution >= 0.6 is 0 Å². The van der Waals surface area contributed by atoms with E-state index in [1.165, 1.54) is 32.5 Å². The molecule has 2 N–H and O–H groups in total. The first-order valence-corrected chi connectivity index (χ1v) is 6.67. The van der Waals surface area contributed by atoms with E-state index in [9.17, 15) is 0 Å². The molecule has 0 saturated carbocycles. The molecule has 0 aromatic heterocycles. The Bertz CT molecular complexity index is 195. The number of rotatable bonds is 5. The Morgan fingerprint density at radius 3 is 2.25 bits per heavy atom. The lowest BCUT2D eigenvalue weighted by molar-refractivity contribution is 0.0398. The summed E-state index contributed by atoms with van der Waals surface area (Å²) >= 11 is 0. The molecular formula is C13H29N3. The van der Waals surface area contributed by atoms with Crippen molar-refractivity contribution in [3.63, 3.8) is 0 Å². The number of likely N-dealkylation sites (N-methyl/N-ethyl adjacent to an activating group) is 1. The fourth-order valence-electron chi connectivity index (χ4n) is 2.77. The van der Waals surface area contributed by atoms with E-state index in [1.54, 1.807) is 0 Å². The van der Waals surface area contributed by atoms with Crippen LogP contribution < -0.4 is 5.73 Å². The summed E-state index contributed by atoms with van der Waals surface area (Å²) in [6.45, 7) is 12.3. The molecule has 1 heterocycles. The number of piperidine rings is 1. The molecule has 1 aliphatic rings. The van der Waals surface area contributed by atoms with E-state index in [2.05, 4.69) is 37.6 Å². The summed E-state index contributed by atoms with van der Waals surface area (Å²) in [5.74, 6) is 0.720. The topological polar surface area (TPSA) is 32.5 Å². The van der Waals surface area contributed by atoms with Crippen LogP contribution in [-0.2, 0) is 0 Å². The Labute approximate surface area is 101 Å². The van der Waals surface area contributed by atoms with E-state index in [4.69, 9.17) is 5.73 Å². The number of likely N-dealkylation sites (tertiary alicyclic amines) is 1. The van der Waals surface area contributed by atoms with E-state index < -0.39 is 0 Å². The van der Waals surface area contributed by atoms with Gasteiger partial charge in [-0.3, -0.25) is 4.90 Å². The summed E-state index contributed by atoms with van der Waals surface area (Å²) in [5, 5.41) is 0. The highest BCUT2D eigenvalue weighted by atomic mass is 15.2. The van der Waals surface area contributed by atoms with E-state index >= 15 is 0 Å². The van der Waals surface area contributed by atoms with Crippen molar-refractivity contribution in [1.82, 2.24) is 9.80 Å². The van der Waals surface area contributed by atoms with Gasteiger partial charge in [0, 0.05) is 18.6 Å². The Balaban J connectivity index is 2.58. The third-order valence-corrected chi connectivity index (χ3v) is 4.06. The second kappa shape index (κ2) is 5.99. The smallest absolute Gasteiger partial charge is 0.0353 e. The number of hydrogen-bond donors (Lipinski definition) is 1. The maximum Gasteiger partial charge on any atom is 0.0353 e. The summed E-state index contributed by atoms with van der Waals surface area (Å²) in [7, 11) is 2.24. The minimum absolute atomic E-state index is 0.260. The molecule has 0 unspecified atom stereocenters. The molecule has 0 bridgehead atoms. The molecule has 0 amide bonds.